The van der Waals surface area contributed by atoms with Gasteiger partial charge in [0, 0.05) is 5.92 Å². The maximum atomic E-state index is 12.7. The van der Waals surface area contributed by atoms with Crippen molar-refractivity contribution >= 4 is 5.78 Å². The molecule has 2 bridgehead atoms. The summed E-state index contributed by atoms with van der Waals surface area (Å²) < 4.78 is 11.5. The number of rotatable bonds is 3. The van der Waals surface area contributed by atoms with E-state index in [0.29, 0.717) is 31.0 Å². The molecular weight excluding hydrogens is 264 g/mol. The summed E-state index contributed by atoms with van der Waals surface area (Å²) in [4.78, 5) is 12.7. The van der Waals surface area contributed by atoms with Crippen molar-refractivity contribution in [3.63, 3.8) is 0 Å². The van der Waals surface area contributed by atoms with Gasteiger partial charge in [-0.1, -0.05) is 42.5 Å². The molecule has 1 saturated carbocycles. The number of carbonyl (C=O) groups excluding carboxylic acids is 1. The summed E-state index contributed by atoms with van der Waals surface area (Å²) in [5, 5.41) is 0. The normalized spacial score (nSPS) is 37.5. The topological polar surface area (TPSA) is 35.5 Å². The van der Waals surface area contributed by atoms with E-state index in [1.807, 2.05) is 30.3 Å². The van der Waals surface area contributed by atoms with Crippen LogP contribution in [-0.4, -0.2) is 18.7 Å². The van der Waals surface area contributed by atoms with Crippen molar-refractivity contribution in [3.05, 3.63) is 48.0 Å². The molecule has 0 radical (unpaired) electrons. The van der Waals surface area contributed by atoms with Crippen LogP contribution in [0.3, 0.4) is 0 Å². The fraction of sp³-hybridized carbons (Fsp3) is 0.500. The largest absolute Gasteiger partial charge is 0.346 e. The first-order chi connectivity index (χ1) is 10.3. The first-order valence-electron chi connectivity index (χ1n) is 7.82. The zero-order valence-electron chi connectivity index (χ0n) is 12.0. The number of allylic oxidation sites excluding steroid dienone is 2. The minimum atomic E-state index is -0.681. The monoisotopic (exact) mass is 284 g/mol. The molecule has 0 unspecified atom stereocenters. The van der Waals surface area contributed by atoms with Crippen LogP contribution < -0.4 is 0 Å². The fourth-order valence-corrected chi connectivity index (χ4v) is 4.07. The van der Waals surface area contributed by atoms with Crippen molar-refractivity contribution < 1.29 is 14.3 Å². The molecule has 1 heterocycles. The van der Waals surface area contributed by atoms with Crippen LogP contribution >= 0.6 is 0 Å². The molecule has 0 aromatic heterocycles. The van der Waals surface area contributed by atoms with Crippen LogP contribution in [0.25, 0.3) is 0 Å². The van der Waals surface area contributed by atoms with Gasteiger partial charge in [-0.05, 0) is 36.2 Å². The standard InChI is InChI=1S/C18H20O3/c19-17-16-14-8-6-13(7-9-14)15(16)11-21-18(17)20-10-12-4-2-1-3-5-12/h1-6,8,13-16,18H,7,9-11H2/t13-,14+,15-,16+,18-/m1/s1. The van der Waals surface area contributed by atoms with Crippen LogP contribution in [0.4, 0.5) is 0 Å². The molecule has 0 spiro atoms. The molecule has 1 aromatic carbocycles. The smallest absolute Gasteiger partial charge is 0.218 e. The number of benzene rings is 1. The molecule has 1 saturated heterocycles. The quantitative estimate of drug-likeness (QED) is 0.801. The van der Waals surface area contributed by atoms with Gasteiger partial charge < -0.3 is 9.47 Å². The number of hydrogen-bond donors (Lipinski definition) is 0. The van der Waals surface area contributed by atoms with Crippen molar-refractivity contribution in [2.45, 2.75) is 25.7 Å². The van der Waals surface area contributed by atoms with E-state index in [1.54, 1.807) is 0 Å². The first-order valence-corrected chi connectivity index (χ1v) is 7.82. The Morgan fingerprint density at radius 1 is 1.10 bits per heavy atom. The first kappa shape index (κ1) is 13.2. The van der Waals surface area contributed by atoms with Crippen LogP contribution in [0, 0.1) is 23.7 Å². The summed E-state index contributed by atoms with van der Waals surface area (Å²) in [7, 11) is 0. The summed E-state index contributed by atoms with van der Waals surface area (Å²) in [6, 6.07) is 9.93. The SMILES string of the molecule is O=C1[C@H](OCc2ccccc2)OC[C@H]2[C@@H]1[C@H]1C=C[C@@H]2CC1. The van der Waals surface area contributed by atoms with Crippen molar-refractivity contribution in [2.75, 3.05) is 6.61 Å². The van der Waals surface area contributed by atoms with Crippen molar-refractivity contribution in [2.24, 2.45) is 23.7 Å². The lowest BCUT2D eigenvalue weighted by atomic mass is 9.60. The highest BCUT2D eigenvalue weighted by atomic mass is 16.7. The van der Waals surface area contributed by atoms with E-state index in [9.17, 15) is 4.79 Å². The van der Waals surface area contributed by atoms with Crippen LogP contribution in [0.1, 0.15) is 18.4 Å². The van der Waals surface area contributed by atoms with Gasteiger partial charge in [0.15, 0.2) is 5.78 Å². The molecule has 1 aromatic rings. The lowest BCUT2D eigenvalue weighted by Gasteiger charge is -2.47. The van der Waals surface area contributed by atoms with E-state index in [-0.39, 0.29) is 11.7 Å². The number of ketones is 1. The van der Waals surface area contributed by atoms with E-state index in [4.69, 9.17) is 9.47 Å². The summed E-state index contributed by atoms with van der Waals surface area (Å²) in [6.07, 6.45) is 6.19. The third-order valence-electron chi connectivity index (χ3n) is 5.16. The fourth-order valence-electron chi connectivity index (χ4n) is 4.07. The molecule has 1 aliphatic heterocycles. The summed E-state index contributed by atoms with van der Waals surface area (Å²) in [6.45, 7) is 1.08. The summed E-state index contributed by atoms with van der Waals surface area (Å²) in [5.74, 6) is 1.57. The number of carbonyl (C=O) groups is 1. The Labute approximate surface area is 124 Å². The van der Waals surface area contributed by atoms with Gasteiger partial charge in [0.2, 0.25) is 6.29 Å². The minimum absolute atomic E-state index is 0.114. The second kappa shape index (κ2) is 5.39. The lowest BCUT2D eigenvalue weighted by molar-refractivity contribution is -0.206. The Balaban J connectivity index is 1.44. The van der Waals surface area contributed by atoms with Gasteiger partial charge >= 0.3 is 0 Å². The van der Waals surface area contributed by atoms with Crippen LogP contribution in [0.15, 0.2) is 42.5 Å². The predicted molar refractivity (Wildman–Crippen MR) is 78.3 cm³/mol. The van der Waals surface area contributed by atoms with Crippen molar-refractivity contribution in [1.29, 1.82) is 0 Å². The third kappa shape index (κ3) is 2.34. The molecule has 3 nitrogen and oxygen atoms in total. The molecule has 3 heteroatoms. The Hall–Kier alpha value is -1.45. The van der Waals surface area contributed by atoms with Gasteiger partial charge in [-0.25, -0.2) is 0 Å². The van der Waals surface area contributed by atoms with Gasteiger partial charge in [0.25, 0.3) is 0 Å². The molecule has 0 amide bonds. The number of hydrogen-bond acceptors (Lipinski definition) is 3. The Morgan fingerprint density at radius 2 is 1.86 bits per heavy atom. The second-order valence-electron chi connectivity index (χ2n) is 6.34. The highest BCUT2D eigenvalue weighted by Crippen LogP contribution is 2.47. The molecular formula is C18H20O3. The van der Waals surface area contributed by atoms with E-state index in [1.165, 1.54) is 6.42 Å². The van der Waals surface area contributed by atoms with E-state index in [0.717, 1.165) is 12.0 Å². The van der Waals surface area contributed by atoms with Crippen LogP contribution in [0.2, 0.25) is 0 Å². The maximum Gasteiger partial charge on any atom is 0.218 e. The van der Waals surface area contributed by atoms with E-state index < -0.39 is 6.29 Å². The molecule has 3 aliphatic carbocycles. The van der Waals surface area contributed by atoms with Gasteiger partial charge in [0.05, 0.1) is 13.2 Å². The highest BCUT2D eigenvalue weighted by Gasteiger charge is 2.49. The van der Waals surface area contributed by atoms with E-state index in [2.05, 4.69) is 12.2 Å². The maximum absolute atomic E-state index is 12.7. The van der Waals surface area contributed by atoms with Gasteiger partial charge in [0.1, 0.15) is 0 Å². The Kier molecular flexibility index (Phi) is 3.40. The average Bonchev–Trinajstić information content (AvgIpc) is 2.56. The highest BCUT2D eigenvalue weighted by molar-refractivity contribution is 5.86. The zero-order chi connectivity index (χ0) is 14.2. The Bertz CT molecular complexity index is 551. The molecule has 5 atom stereocenters. The summed E-state index contributed by atoms with van der Waals surface area (Å²) in [5.41, 5.74) is 1.07. The number of fused-ring (bicyclic) bond motifs is 1. The third-order valence-corrected chi connectivity index (χ3v) is 5.16. The molecule has 4 aliphatic rings. The zero-order valence-corrected chi connectivity index (χ0v) is 12.0. The molecule has 0 N–H and O–H groups in total. The predicted octanol–water partition coefficient (Wildman–Crippen LogP) is 2.96. The molecule has 2 fully saturated rings. The number of Topliss-reactive ketones (excluding diaryl/α,β-unsaturated/α-hetero) is 1. The van der Waals surface area contributed by atoms with Gasteiger partial charge in [-0.3, -0.25) is 4.79 Å². The molecule has 21 heavy (non-hydrogen) atoms. The Morgan fingerprint density at radius 3 is 2.62 bits per heavy atom. The number of ether oxygens (including phenoxy) is 2. The van der Waals surface area contributed by atoms with Crippen molar-refractivity contribution in [3.8, 4) is 0 Å². The average molecular weight is 284 g/mol. The second-order valence-corrected chi connectivity index (χ2v) is 6.34. The van der Waals surface area contributed by atoms with Crippen LogP contribution in [0.5, 0.6) is 0 Å². The van der Waals surface area contributed by atoms with E-state index >= 15 is 0 Å². The lowest BCUT2D eigenvalue weighted by Crippen LogP contribution is -2.52. The van der Waals surface area contributed by atoms with Crippen molar-refractivity contribution in [1.82, 2.24) is 0 Å². The minimum Gasteiger partial charge on any atom is -0.346 e. The summed E-state index contributed by atoms with van der Waals surface area (Å²) >= 11 is 0. The van der Waals surface area contributed by atoms with Gasteiger partial charge in [-0.15, -0.1) is 0 Å². The van der Waals surface area contributed by atoms with Crippen LogP contribution in [-0.2, 0) is 20.9 Å². The molecule has 110 valence electrons. The van der Waals surface area contributed by atoms with Gasteiger partial charge in [-0.2, -0.15) is 0 Å². The molecule has 5 rings (SSSR count).